The predicted octanol–water partition coefficient (Wildman–Crippen LogP) is 6.57. The standard InChI is InChI=1S/C20H43N/c1-6-9-11-12-13-14-16-20(8-3,15-10-7-2)18-21-17-19(4)5/h19,21H,6-18H2,1-5H3. The molecule has 1 heteroatoms. The highest BCUT2D eigenvalue weighted by atomic mass is 14.9. The van der Waals surface area contributed by atoms with Gasteiger partial charge < -0.3 is 5.32 Å². The lowest BCUT2D eigenvalue weighted by Gasteiger charge is -2.34. The molecule has 0 aliphatic carbocycles. The van der Waals surface area contributed by atoms with Crippen LogP contribution in [0.4, 0.5) is 0 Å². The van der Waals surface area contributed by atoms with Crippen LogP contribution in [0.5, 0.6) is 0 Å². The van der Waals surface area contributed by atoms with E-state index in [2.05, 4.69) is 39.9 Å². The summed E-state index contributed by atoms with van der Waals surface area (Å²) in [5.74, 6) is 0.764. The highest BCUT2D eigenvalue weighted by molar-refractivity contribution is 4.80. The van der Waals surface area contributed by atoms with Crippen LogP contribution in [-0.4, -0.2) is 13.1 Å². The largest absolute Gasteiger partial charge is 0.316 e. The van der Waals surface area contributed by atoms with E-state index in [4.69, 9.17) is 0 Å². The molecule has 0 aromatic rings. The first kappa shape index (κ1) is 21.0. The highest BCUT2D eigenvalue weighted by Gasteiger charge is 2.26. The monoisotopic (exact) mass is 297 g/mol. The summed E-state index contributed by atoms with van der Waals surface area (Å²) >= 11 is 0. The molecule has 128 valence electrons. The molecule has 0 heterocycles. The van der Waals surface area contributed by atoms with Crippen LogP contribution in [-0.2, 0) is 0 Å². The molecule has 0 bridgehead atoms. The molecular weight excluding hydrogens is 254 g/mol. The molecule has 1 unspecified atom stereocenters. The predicted molar refractivity (Wildman–Crippen MR) is 97.9 cm³/mol. The minimum absolute atomic E-state index is 0.565. The van der Waals surface area contributed by atoms with Gasteiger partial charge in [-0.1, -0.05) is 86.0 Å². The van der Waals surface area contributed by atoms with Crippen molar-refractivity contribution in [1.29, 1.82) is 0 Å². The van der Waals surface area contributed by atoms with Crippen molar-refractivity contribution in [3.8, 4) is 0 Å². The van der Waals surface area contributed by atoms with E-state index in [1.807, 2.05) is 0 Å². The Hall–Kier alpha value is -0.0400. The summed E-state index contributed by atoms with van der Waals surface area (Å²) in [7, 11) is 0. The summed E-state index contributed by atoms with van der Waals surface area (Å²) in [6.07, 6.45) is 15.5. The molecule has 0 spiro atoms. The maximum Gasteiger partial charge on any atom is 0.000781 e. The fourth-order valence-corrected chi connectivity index (χ4v) is 3.24. The molecule has 0 rings (SSSR count). The van der Waals surface area contributed by atoms with Crippen LogP contribution >= 0.6 is 0 Å². The van der Waals surface area contributed by atoms with Crippen molar-refractivity contribution >= 4 is 0 Å². The van der Waals surface area contributed by atoms with Crippen molar-refractivity contribution in [1.82, 2.24) is 5.32 Å². The Morgan fingerprint density at radius 2 is 1.33 bits per heavy atom. The molecular formula is C20H43N. The normalized spacial score (nSPS) is 14.6. The molecule has 0 aliphatic heterocycles. The van der Waals surface area contributed by atoms with Gasteiger partial charge in [-0.2, -0.15) is 0 Å². The molecule has 0 radical (unpaired) electrons. The maximum atomic E-state index is 3.75. The molecule has 0 aromatic heterocycles. The van der Waals surface area contributed by atoms with E-state index in [0.717, 1.165) is 5.92 Å². The van der Waals surface area contributed by atoms with Crippen molar-refractivity contribution < 1.29 is 0 Å². The van der Waals surface area contributed by atoms with Crippen molar-refractivity contribution in [2.75, 3.05) is 13.1 Å². The van der Waals surface area contributed by atoms with Gasteiger partial charge >= 0.3 is 0 Å². The van der Waals surface area contributed by atoms with Crippen LogP contribution in [0.3, 0.4) is 0 Å². The van der Waals surface area contributed by atoms with Gasteiger partial charge in [0.15, 0.2) is 0 Å². The third-order valence-corrected chi connectivity index (χ3v) is 4.92. The molecule has 0 fully saturated rings. The van der Waals surface area contributed by atoms with Gasteiger partial charge in [0.1, 0.15) is 0 Å². The Morgan fingerprint density at radius 3 is 1.90 bits per heavy atom. The van der Waals surface area contributed by atoms with Gasteiger partial charge in [0.05, 0.1) is 0 Å². The van der Waals surface area contributed by atoms with Crippen LogP contribution in [0.15, 0.2) is 0 Å². The van der Waals surface area contributed by atoms with Crippen LogP contribution in [0.1, 0.15) is 105 Å². The average molecular weight is 298 g/mol. The molecule has 1 N–H and O–H groups in total. The van der Waals surface area contributed by atoms with E-state index in [1.54, 1.807) is 0 Å². The quantitative estimate of drug-likeness (QED) is 0.337. The maximum absolute atomic E-state index is 3.75. The zero-order chi connectivity index (χ0) is 16.0. The smallest absolute Gasteiger partial charge is 0.000781 e. The van der Waals surface area contributed by atoms with Crippen LogP contribution in [0.2, 0.25) is 0 Å². The highest BCUT2D eigenvalue weighted by Crippen LogP contribution is 2.34. The second-order valence-corrected chi connectivity index (χ2v) is 7.50. The minimum atomic E-state index is 0.565. The second-order valence-electron chi connectivity index (χ2n) is 7.50. The van der Waals surface area contributed by atoms with Gasteiger partial charge in [-0.05, 0) is 37.1 Å². The lowest BCUT2D eigenvalue weighted by Crippen LogP contribution is -2.35. The molecule has 21 heavy (non-hydrogen) atoms. The van der Waals surface area contributed by atoms with Gasteiger partial charge in [0.25, 0.3) is 0 Å². The van der Waals surface area contributed by atoms with E-state index in [0.29, 0.717) is 5.41 Å². The fourth-order valence-electron chi connectivity index (χ4n) is 3.24. The Bertz CT molecular complexity index is 212. The van der Waals surface area contributed by atoms with Crippen LogP contribution in [0, 0.1) is 11.3 Å². The SMILES string of the molecule is CCCCCCCCC(CC)(CCCC)CNCC(C)C. The van der Waals surface area contributed by atoms with Crippen molar-refractivity contribution in [2.24, 2.45) is 11.3 Å². The van der Waals surface area contributed by atoms with Crippen molar-refractivity contribution in [3.05, 3.63) is 0 Å². The van der Waals surface area contributed by atoms with Crippen molar-refractivity contribution in [3.63, 3.8) is 0 Å². The molecule has 1 nitrogen and oxygen atoms in total. The first-order valence-corrected chi connectivity index (χ1v) is 9.81. The van der Waals surface area contributed by atoms with Gasteiger partial charge in [-0.15, -0.1) is 0 Å². The van der Waals surface area contributed by atoms with Crippen molar-refractivity contribution in [2.45, 2.75) is 105 Å². The van der Waals surface area contributed by atoms with Crippen LogP contribution < -0.4 is 5.32 Å². The van der Waals surface area contributed by atoms with Gasteiger partial charge in [0, 0.05) is 6.54 Å². The van der Waals surface area contributed by atoms with Crippen LogP contribution in [0.25, 0.3) is 0 Å². The molecule has 0 aromatic carbocycles. The first-order chi connectivity index (χ1) is 10.1. The van der Waals surface area contributed by atoms with E-state index in [-0.39, 0.29) is 0 Å². The summed E-state index contributed by atoms with van der Waals surface area (Å²) in [5, 5.41) is 3.75. The van der Waals surface area contributed by atoms with Gasteiger partial charge in [-0.3, -0.25) is 0 Å². The summed E-state index contributed by atoms with van der Waals surface area (Å²) < 4.78 is 0. The molecule has 0 aliphatic rings. The number of unbranched alkanes of at least 4 members (excludes halogenated alkanes) is 6. The lowest BCUT2D eigenvalue weighted by atomic mass is 9.75. The summed E-state index contributed by atoms with van der Waals surface area (Å²) in [6.45, 7) is 14.0. The topological polar surface area (TPSA) is 12.0 Å². The van der Waals surface area contributed by atoms with E-state index in [1.165, 1.54) is 83.7 Å². The average Bonchev–Trinajstić information content (AvgIpc) is 2.47. The molecule has 1 atom stereocenters. The Kier molecular flexibility index (Phi) is 13.6. The molecule has 0 amide bonds. The number of nitrogens with one attached hydrogen (secondary N) is 1. The second kappa shape index (κ2) is 13.6. The summed E-state index contributed by atoms with van der Waals surface area (Å²) in [6, 6.07) is 0. The fraction of sp³-hybridized carbons (Fsp3) is 1.00. The Morgan fingerprint density at radius 1 is 0.762 bits per heavy atom. The first-order valence-electron chi connectivity index (χ1n) is 9.81. The van der Waals surface area contributed by atoms with E-state index in [9.17, 15) is 0 Å². The summed E-state index contributed by atoms with van der Waals surface area (Å²) in [5.41, 5.74) is 0.565. The third kappa shape index (κ3) is 11.2. The van der Waals surface area contributed by atoms with Gasteiger partial charge in [-0.25, -0.2) is 0 Å². The zero-order valence-electron chi connectivity index (χ0n) is 15.8. The molecule has 0 saturated heterocycles. The van der Waals surface area contributed by atoms with E-state index < -0.39 is 0 Å². The Balaban J connectivity index is 4.14. The number of hydrogen-bond acceptors (Lipinski definition) is 1. The lowest BCUT2D eigenvalue weighted by molar-refractivity contribution is 0.202. The number of rotatable bonds is 15. The Labute approximate surface area is 135 Å². The van der Waals surface area contributed by atoms with E-state index >= 15 is 0 Å². The molecule has 0 saturated carbocycles. The minimum Gasteiger partial charge on any atom is -0.316 e. The van der Waals surface area contributed by atoms with Gasteiger partial charge in [0.2, 0.25) is 0 Å². The number of hydrogen-bond donors (Lipinski definition) is 1. The third-order valence-electron chi connectivity index (χ3n) is 4.92. The zero-order valence-corrected chi connectivity index (χ0v) is 15.8. The summed E-state index contributed by atoms with van der Waals surface area (Å²) in [4.78, 5) is 0.